The molecule has 2 nitrogen and oxygen atoms in total. The number of hydrogen-bond acceptors (Lipinski definition) is 2. The Morgan fingerprint density at radius 1 is 0.667 bits per heavy atom. The van der Waals surface area contributed by atoms with Crippen LogP contribution in [0, 0.1) is 12.2 Å². The van der Waals surface area contributed by atoms with Gasteiger partial charge in [0.2, 0.25) is 0 Å². The molecule has 0 radical (unpaired) electrons. The van der Waals surface area contributed by atoms with Gasteiger partial charge in [-0.05, 0) is 48.2 Å². The molecule has 0 aromatic heterocycles. The molecule has 2 aromatic carbocycles. The van der Waals surface area contributed by atoms with Gasteiger partial charge in [-0.15, -0.1) is 13.8 Å². The third-order valence-electron chi connectivity index (χ3n) is 5.37. The van der Waals surface area contributed by atoms with Crippen molar-refractivity contribution in [1.29, 1.82) is 0 Å². The van der Waals surface area contributed by atoms with Crippen LogP contribution >= 0.6 is 0 Å². The van der Waals surface area contributed by atoms with Gasteiger partial charge in [0.1, 0.15) is 11.5 Å². The van der Waals surface area contributed by atoms with Crippen molar-refractivity contribution < 1.29 is 36.4 Å². The van der Waals surface area contributed by atoms with Crippen molar-refractivity contribution in [3.05, 3.63) is 106 Å². The average molecular weight is 522 g/mol. The summed E-state index contributed by atoms with van der Waals surface area (Å²) in [5.41, 5.74) is 7.91. The largest absolute Gasteiger partial charge is 2.00 e. The molecule has 0 amide bonds. The molecule has 0 heterocycles. The predicted molar refractivity (Wildman–Crippen MR) is 137 cm³/mol. The van der Waals surface area contributed by atoms with Gasteiger partial charge in [-0.1, -0.05) is 64.8 Å². The molecule has 0 atom stereocenters. The smallest absolute Gasteiger partial charge is 0.508 e. The zero-order valence-corrected chi connectivity index (χ0v) is 23.5. The minimum Gasteiger partial charge on any atom is -0.508 e. The third-order valence-corrected chi connectivity index (χ3v) is 5.37. The van der Waals surface area contributed by atoms with E-state index in [9.17, 15) is 0 Å². The predicted octanol–water partition coefficient (Wildman–Crippen LogP) is 8.08. The first-order valence-electron chi connectivity index (χ1n) is 11.3. The van der Waals surface area contributed by atoms with E-state index in [0.717, 1.165) is 25.7 Å². The Morgan fingerprint density at radius 3 is 1.18 bits per heavy atom. The fourth-order valence-electron chi connectivity index (χ4n) is 2.82. The molecule has 0 fully saturated rings. The zero-order chi connectivity index (χ0) is 23.9. The van der Waals surface area contributed by atoms with Crippen molar-refractivity contribution in [2.24, 2.45) is 0 Å². The maximum absolute atomic E-state index is 8.94. The van der Waals surface area contributed by atoms with E-state index in [0.29, 0.717) is 11.5 Å². The van der Waals surface area contributed by atoms with Gasteiger partial charge in [-0.2, -0.15) is 12.2 Å². The molecule has 0 aliphatic heterocycles. The molecule has 3 heteroatoms. The molecule has 2 aliphatic carbocycles. The standard InChI is InChI=1S/2C8H10O.2C7H9.Zr/c2*1-2-7-4-3-5-8(9)6-7;2*1-6-4-3-5-7(6)2;/h2*3-6,9H,2H2,1H3;2*3H,4H2,1-2H3;/q;;2*-1;+2. The fourth-order valence-corrected chi connectivity index (χ4v) is 2.82. The number of rotatable bonds is 2. The summed E-state index contributed by atoms with van der Waals surface area (Å²) in [5.74, 6) is 0.712. The van der Waals surface area contributed by atoms with E-state index in [2.05, 4.69) is 65.8 Å². The molecule has 0 unspecified atom stereocenters. The van der Waals surface area contributed by atoms with Gasteiger partial charge in [0, 0.05) is 0 Å². The topological polar surface area (TPSA) is 40.5 Å². The Labute approximate surface area is 220 Å². The van der Waals surface area contributed by atoms with E-state index in [1.165, 1.54) is 33.4 Å². The number of phenols is 2. The summed E-state index contributed by atoms with van der Waals surface area (Å²) in [7, 11) is 0. The number of aryl methyl sites for hydroxylation is 2. The van der Waals surface area contributed by atoms with E-state index in [1.54, 1.807) is 24.3 Å². The molecule has 2 aliphatic rings. The van der Waals surface area contributed by atoms with Crippen LogP contribution in [0.4, 0.5) is 0 Å². The quantitative estimate of drug-likeness (QED) is 0.392. The first-order chi connectivity index (χ1) is 15.3. The molecule has 0 saturated carbocycles. The van der Waals surface area contributed by atoms with Gasteiger partial charge < -0.3 is 10.2 Å². The Morgan fingerprint density at radius 2 is 1.03 bits per heavy atom. The Hall–Kier alpha value is -2.12. The number of allylic oxidation sites excluding steroid dienone is 8. The van der Waals surface area contributed by atoms with Gasteiger partial charge in [-0.3, -0.25) is 12.2 Å². The zero-order valence-electron chi connectivity index (χ0n) is 21.0. The molecule has 33 heavy (non-hydrogen) atoms. The maximum atomic E-state index is 8.94. The number of aromatic hydroxyl groups is 2. The molecule has 0 spiro atoms. The molecule has 4 rings (SSSR count). The van der Waals surface area contributed by atoms with Crippen LogP contribution in [0.15, 0.2) is 83.0 Å². The van der Waals surface area contributed by atoms with Crippen molar-refractivity contribution in [3.8, 4) is 11.5 Å². The maximum Gasteiger partial charge on any atom is 2.00 e. The Balaban J connectivity index is 0.000000412. The molecule has 174 valence electrons. The third kappa shape index (κ3) is 13.2. The molecular formula is C30H38O2Zr. The van der Waals surface area contributed by atoms with Crippen LogP contribution in [-0.4, -0.2) is 10.2 Å². The first-order valence-corrected chi connectivity index (χ1v) is 11.3. The molecule has 0 saturated heterocycles. The van der Waals surface area contributed by atoms with E-state index in [1.807, 2.05) is 24.3 Å². The minimum atomic E-state index is 0. The number of hydrogen-bond donors (Lipinski definition) is 2. The van der Waals surface area contributed by atoms with Gasteiger partial charge in [0.05, 0.1) is 0 Å². The molecule has 0 bridgehead atoms. The van der Waals surface area contributed by atoms with E-state index >= 15 is 0 Å². The summed E-state index contributed by atoms with van der Waals surface area (Å²) in [5, 5.41) is 17.9. The first kappa shape index (κ1) is 30.9. The van der Waals surface area contributed by atoms with Gasteiger partial charge in [0.25, 0.3) is 0 Å². The van der Waals surface area contributed by atoms with Gasteiger partial charge in [0.15, 0.2) is 0 Å². The van der Waals surface area contributed by atoms with E-state index < -0.39 is 0 Å². The summed E-state index contributed by atoms with van der Waals surface area (Å²) in [6.07, 6.45) is 14.6. The minimum absolute atomic E-state index is 0. The SMILES string of the molecule is CC1=C(C)CC=[C-]1.CC1=C(C)CC=[C-]1.CCc1cccc(O)c1.CCc1cccc(O)c1.[Zr+2]. The molecule has 2 aromatic rings. The second kappa shape index (κ2) is 17.4. The van der Waals surface area contributed by atoms with Crippen LogP contribution in [0.25, 0.3) is 0 Å². The second-order valence-electron chi connectivity index (χ2n) is 7.96. The summed E-state index contributed by atoms with van der Waals surface area (Å²) >= 11 is 0. The second-order valence-corrected chi connectivity index (χ2v) is 7.96. The van der Waals surface area contributed by atoms with Crippen LogP contribution < -0.4 is 0 Å². The summed E-state index contributed by atoms with van der Waals surface area (Å²) in [6, 6.07) is 14.6. The normalized spacial score (nSPS) is 13.3. The Bertz CT molecular complexity index is 885. The van der Waals surface area contributed by atoms with Gasteiger partial charge in [-0.25, -0.2) is 22.3 Å². The van der Waals surface area contributed by atoms with E-state index in [-0.39, 0.29) is 26.2 Å². The Kier molecular flexibility index (Phi) is 16.3. The van der Waals surface area contributed by atoms with Crippen LogP contribution in [-0.2, 0) is 39.0 Å². The van der Waals surface area contributed by atoms with Crippen LogP contribution in [0.2, 0.25) is 0 Å². The van der Waals surface area contributed by atoms with Crippen molar-refractivity contribution >= 4 is 0 Å². The summed E-state index contributed by atoms with van der Waals surface area (Å²) in [4.78, 5) is 0. The fraction of sp³-hybridized carbons (Fsp3) is 0.333. The molecular weight excluding hydrogens is 484 g/mol. The van der Waals surface area contributed by atoms with Gasteiger partial charge >= 0.3 is 26.2 Å². The number of phenolic OH excluding ortho intramolecular Hbond substituents is 2. The summed E-state index contributed by atoms with van der Waals surface area (Å²) < 4.78 is 0. The van der Waals surface area contributed by atoms with Crippen LogP contribution in [0.1, 0.15) is 65.5 Å². The van der Waals surface area contributed by atoms with Crippen molar-refractivity contribution in [1.82, 2.24) is 0 Å². The van der Waals surface area contributed by atoms with E-state index in [4.69, 9.17) is 10.2 Å². The van der Waals surface area contributed by atoms with Crippen LogP contribution in [0.5, 0.6) is 11.5 Å². The van der Waals surface area contributed by atoms with Crippen molar-refractivity contribution in [3.63, 3.8) is 0 Å². The summed E-state index contributed by atoms with van der Waals surface area (Å²) in [6.45, 7) is 12.6. The monoisotopic (exact) mass is 520 g/mol. The van der Waals surface area contributed by atoms with Crippen molar-refractivity contribution in [2.45, 2.75) is 67.2 Å². The van der Waals surface area contributed by atoms with Crippen LogP contribution in [0.3, 0.4) is 0 Å². The number of benzene rings is 2. The molecule has 2 N–H and O–H groups in total. The average Bonchev–Trinajstić information content (AvgIpc) is 3.35. The van der Waals surface area contributed by atoms with Crippen molar-refractivity contribution in [2.75, 3.05) is 0 Å².